The second kappa shape index (κ2) is 5.32. The Bertz CT molecular complexity index is 903. The number of carboxylic acids is 1. The molecular weight excluding hydrogens is 330 g/mol. The molecule has 2 saturated heterocycles. The van der Waals surface area contributed by atoms with E-state index >= 15 is 0 Å². The van der Waals surface area contributed by atoms with Crippen molar-refractivity contribution in [3.05, 3.63) is 30.1 Å². The van der Waals surface area contributed by atoms with Crippen LogP contribution < -0.4 is 0 Å². The molecule has 5 atom stereocenters. The third kappa shape index (κ3) is 2.07. The quantitative estimate of drug-likeness (QED) is 0.885. The van der Waals surface area contributed by atoms with Crippen LogP contribution in [0.1, 0.15) is 50.5 Å². The second-order valence-corrected chi connectivity index (χ2v) is 8.46. The normalized spacial score (nSPS) is 33.1. The van der Waals surface area contributed by atoms with Crippen LogP contribution in [0.3, 0.4) is 0 Å². The van der Waals surface area contributed by atoms with Crippen LogP contribution in [-0.4, -0.2) is 43.9 Å². The minimum Gasteiger partial charge on any atom is -0.481 e. The Morgan fingerprint density at radius 1 is 1.42 bits per heavy atom. The molecule has 0 spiro atoms. The van der Waals surface area contributed by atoms with E-state index in [-0.39, 0.29) is 23.9 Å². The van der Waals surface area contributed by atoms with Gasteiger partial charge in [0.05, 0.1) is 5.41 Å². The molecule has 2 N–H and O–H groups in total. The Kier molecular flexibility index (Phi) is 3.24. The highest BCUT2D eigenvalue weighted by molar-refractivity contribution is 5.84. The minimum atomic E-state index is -0.665. The van der Waals surface area contributed by atoms with Gasteiger partial charge in [-0.2, -0.15) is 0 Å². The first-order valence-corrected chi connectivity index (χ1v) is 9.45. The number of hydrogen-bond acceptors (Lipinski definition) is 3. The summed E-state index contributed by atoms with van der Waals surface area (Å²) in [7, 11) is 0. The fourth-order valence-corrected chi connectivity index (χ4v) is 5.90. The number of piperidine rings is 1. The summed E-state index contributed by atoms with van der Waals surface area (Å²) < 4.78 is 0. The number of H-pyrrole nitrogens is 1. The van der Waals surface area contributed by atoms with Crippen molar-refractivity contribution in [2.75, 3.05) is 0 Å². The molecular formula is C20H23N3O3. The third-order valence-corrected chi connectivity index (χ3v) is 6.99. The van der Waals surface area contributed by atoms with Crippen molar-refractivity contribution < 1.29 is 14.7 Å². The molecule has 4 aliphatic rings. The van der Waals surface area contributed by atoms with Crippen molar-refractivity contribution in [2.45, 2.75) is 57.0 Å². The highest BCUT2D eigenvalue weighted by Gasteiger charge is 2.63. The van der Waals surface area contributed by atoms with Gasteiger partial charge >= 0.3 is 5.97 Å². The number of amides is 1. The van der Waals surface area contributed by atoms with E-state index in [9.17, 15) is 14.7 Å². The fourth-order valence-electron chi connectivity index (χ4n) is 5.90. The standard InChI is InChI=1S/C20H23N3O3/c1-11(15-10-22-18-14(15)3-2-4-21-18)5-17(24)23-13-6-12-7-20(8-13,19(25)26)9-16(12)23/h2-4,10-13,16H,5-9H2,1H3,(H,21,22)(H,25,26). The summed E-state index contributed by atoms with van der Waals surface area (Å²) in [5.74, 6) is -0.0119. The van der Waals surface area contributed by atoms with E-state index in [0.717, 1.165) is 29.4 Å². The van der Waals surface area contributed by atoms with Crippen LogP contribution >= 0.6 is 0 Å². The highest BCUT2D eigenvalue weighted by atomic mass is 16.4. The lowest BCUT2D eigenvalue weighted by molar-refractivity contribution is -0.155. The molecule has 4 fully saturated rings. The van der Waals surface area contributed by atoms with Gasteiger partial charge in [-0.05, 0) is 55.2 Å². The Morgan fingerprint density at radius 3 is 3.04 bits per heavy atom. The van der Waals surface area contributed by atoms with Gasteiger partial charge in [0.1, 0.15) is 5.65 Å². The van der Waals surface area contributed by atoms with Crippen LogP contribution in [0, 0.1) is 11.3 Å². The zero-order chi connectivity index (χ0) is 18.1. The molecule has 4 bridgehead atoms. The maximum absolute atomic E-state index is 13.1. The van der Waals surface area contributed by atoms with E-state index in [0.29, 0.717) is 25.2 Å². The summed E-state index contributed by atoms with van der Waals surface area (Å²) in [4.78, 5) is 34.4. The van der Waals surface area contributed by atoms with Gasteiger partial charge in [-0.1, -0.05) is 6.92 Å². The number of fused-ring (bicyclic) bond motifs is 1. The Balaban J connectivity index is 1.35. The Morgan fingerprint density at radius 2 is 2.27 bits per heavy atom. The molecule has 26 heavy (non-hydrogen) atoms. The average molecular weight is 353 g/mol. The molecule has 2 saturated carbocycles. The van der Waals surface area contributed by atoms with Crippen LogP contribution in [0.25, 0.3) is 11.0 Å². The summed E-state index contributed by atoms with van der Waals surface area (Å²) in [5.41, 5.74) is 1.41. The number of carboxylic acid groups (broad SMARTS) is 1. The molecule has 5 unspecified atom stereocenters. The van der Waals surface area contributed by atoms with Crippen LogP contribution in [0.15, 0.2) is 24.5 Å². The van der Waals surface area contributed by atoms with Crippen molar-refractivity contribution >= 4 is 22.9 Å². The van der Waals surface area contributed by atoms with Crippen LogP contribution in [0.2, 0.25) is 0 Å². The van der Waals surface area contributed by atoms with Crippen molar-refractivity contribution in [2.24, 2.45) is 11.3 Å². The molecule has 6 rings (SSSR count). The van der Waals surface area contributed by atoms with Crippen LogP contribution in [0.4, 0.5) is 0 Å². The zero-order valence-corrected chi connectivity index (χ0v) is 14.8. The number of carbonyl (C=O) groups excluding carboxylic acids is 1. The molecule has 2 aliphatic heterocycles. The van der Waals surface area contributed by atoms with E-state index in [1.165, 1.54) is 0 Å². The Labute approximate surface area is 151 Å². The molecule has 2 aromatic heterocycles. The van der Waals surface area contributed by atoms with Gasteiger partial charge < -0.3 is 15.0 Å². The summed E-state index contributed by atoms with van der Waals surface area (Å²) >= 11 is 0. The third-order valence-electron chi connectivity index (χ3n) is 6.99. The second-order valence-electron chi connectivity index (χ2n) is 8.46. The predicted molar refractivity (Wildman–Crippen MR) is 95.6 cm³/mol. The van der Waals surface area contributed by atoms with Crippen molar-refractivity contribution in [1.82, 2.24) is 14.9 Å². The van der Waals surface area contributed by atoms with Gasteiger partial charge in [0.25, 0.3) is 0 Å². The first kappa shape index (κ1) is 15.9. The van der Waals surface area contributed by atoms with Crippen LogP contribution in [0.5, 0.6) is 0 Å². The number of aromatic nitrogens is 2. The van der Waals surface area contributed by atoms with Crippen molar-refractivity contribution in [3.8, 4) is 0 Å². The smallest absolute Gasteiger partial charge is 0.309 e. The number of hydrogen-bond donors (Lipinski definition) is 2. The predicted octanol–water partition coefficient (Wildman–Crippen LogP) is 2.91. The number of aliphatic carboxylic acids is 1. The SMILES string of the molecule is CC(CC(=O)N1C2CC3CC(C(=O)O)(C2)CC31)c1c[nH]c2ncccc12. The summed E-state index contributed by atoms with van der Waals surface area (Å²) in [6.07, 6.45) is 7.17. The largest absolute Gasteiger partial charge is 0.481 e. The van der Waals surface area contributed by atoms with E-state index < -0.39 is 11.4 Å². The van der Waals surface area contributed by atoms with Gasteiger partial charge in [0.2, 0.25) is 5.91 Å². The molecule has 136 valence electrons. The summed E-state index contributed by atoms with van der Waals surface area (Å²) in [6.45, 7) is 2.08. The lowest BCUT2D eigenvalue weighted by atomic mass is 9.73. The number of aromatic amines is 1. The topological polar surface area (TPSA) is 86.3 Å². The van der Waals surface area contributed by atoms with Crippen LogP contribution in [-0.2, 0) is 9.59 Å². The zero-order valence-electron chi connectivity index (χ0n) is 14.8. The van der Waals surface area contributed by atoms with E-state index in [1.807, 2.05) is 23.2 Å². The van der Waals surface area contributed by atoms with E-state index in [4.69, 9.17) is 0 Å². The van der Waals surface area contributed by atoms with Crippen molar-refractivity contribution in [3.63, 3.8) is 0 Å². The van der Waals surface area contributed by atoms with Gasteiger partial charge in [-0.3, -0.25) is 9.59 Å². The number of rotatable bonds is 4. The summed E-state index contributed by atoms with van der Waals surface area (Å²) in [5, 5.41) is 10.7. The number of nitrogens with one attached hydrogen (secondary N) is 1. The maximum Gasteiger partial charge on any atom is 0.309 e. The number of nitrogens with zero attached hydrogens (tertiary/aromatic N) is 2. The van der Waals surface area contributed by atoms with E-state index in [2.05, 4.69) is 16.9 Å². The Hall–Kier alpha value is -2.37. The molecule has 2 aromatic rings. The molecule has 1 amide bonds. The van der Waals surface area contributed by atoms with Gasteiger partial charge in [0, 0.05) is 36.3 Å². The first-order chi connectivity index (χ1) is 12.5. The molecule has 4 heterocycles. The minimum absolute atomic E-state index is 0.102. The van der Waals surface area contributed by atoms with Gasteiger partial charge in [-0.15, -0.1) is 0 Å². The lowest BCUT2D eigenvalue weighted by Crippen LogP contribution is -2.50. The molecule has 6 heteroatoms. The first-order valence-electron chi connectivity index (χ1n) is 9.45. The monoisotopic (exact) mass is 353 g/mol. The lowest BCUT2D eigenvalue weighted by Gasteiger charge is -2.41. The highest BCUT2D eigenvalue weighted by Crippen LogP contribution is 2.60. The molecule has 2 aliphatic carbocycles. The van der Waals surface area contributed by atoms with Gasteiger partial charge in [-0.25, -0.2) is 4.98 Å². The molecule has 0 radical (unpaired) electrons. The summed E-state index contributed by atoms with van der Waals surface area (Å²) in [6, 6.07) is 4.20. The maximum atomic E-state index is 13.1. The average Bonchev–Trinajstić information content (AvgIpc) is 3.22. The number of pyridine rings is 1. The molecule has 6 nitrogen and oxygen atoms in total. The fraction of sp³-hybridized carbons (Fsp3) is 0.550. The van der Waals surface area contributed by atoms with E-state index in [1.54, 1.807) is 6.20 Å². The number of carbonyl (C=O) groups is 2. The van der Waals surface area contributed by atoms with Gasteiger partial charge in [0.15, 0.2) is 0 Å². The molecule has 0 aromatic carbocycles. The van der Waals surface area contributed by atoms with Crippen molar-refractivity contribution in [1.29, 1.82) is 0 Å².